The topological polar surface area (TPSA) is 115 Å². The van der Waals surface area contributed by atoms with Crippen molar-refractivity contribution in [2.24, 2.45) is 7.05 Å². The molecule has 31 heavy (non-hydrogen) atoms. The Morgan fingerprint density at radius 2 is 1.81 bits per heavy atom. The minimum absolute atomic E-state index is 0.00407. The molecule has 3 amide bonds. The van der Waals surface area contributed by atoms with E-state index in [4.69, 9.17) is 9.47 Å². The van der Waals surface area contributed by atoms with Gasteiger partial charge in [0.1, 0.15) is 5.56 Å². The van der Waals surface area contributed by atoms with Crippen molar-refractivity contribution in [1.29, 1.82) is 0 Å². The number of hydrogen-bond donors (Lipinski definition) is 2. The Hall–Kier alpha value is -3.56. The Bertz CT molecular complexity index is 932. The second-order valence-electron chi connectivity index (χ2n) is 7.19. The smallest absolute Gasteiger partial charge is 0.409 e. The average Bonchev–Trinajstić information content (AvgIpc) is 3.16. The molecule has 0 unspecified atom stereocenters. The molecule has 0 bridgehead atoms. The van der Waals surface area contributed by atoms with Gasteiger partial charge in [-0.1, -0.05) is 0 Å². The van der Waals surface area contributed by atoms with Gasteiger partial charge in [0.15, 0.2) is 0 Å². The summed E-state index contributed by atoms with van der Waals surface area (Å²) in [5.41, 5.74) is 1.36. The Labute approximate surface area is 180 Å². The van der Waals surface area contributed by atoms with Crippen LogP contribution in [0.25, 0.3) is 0 Å². The first-order chi connectivity index (χ1) is 14.9. The highest BCUT2D eigenvalue weighted by Gasteiger charge is 2.25. The van der Waals surface area contributed by atoms with Gasteiger partial charge in [0.2, 0.25) is 5.88 Å². The number of piperidine rings is 1. The number of aromatic nitrogens is 2. The Morgan fingerprint density at radius 3 is 2.42 bits per heavy atom. The summed E-state index contributed by atoms with van der Waals surface area (Å²) in [7, 11) is 3.15. The lowest BCUT2D eigenvalue weighted by molar-refractivity contribution is 0.0859. The molecule has 0 radical (unpaired) electrons. The number of carbonyl (C=O) groups excluding carboxylic acids is 3. The lowest BCUT2D eigenvalue weighted by atomic mass is 10.0. The second-order valence-corrected chi connectivity index (χ2v) is 7.19. The number of rotatable bonds is 6. The van der Waals surface area contributed by atoms with E-state index in [0.717, 1.165) is 0 Å². The van der Waals surface area contributed by atoms with E-state index in [-0.39, 0.29) is 29.8 Å². The zero-order chi connectivity index (χ0) is 22.4. The number of aryl methyl sites for hydroxylation is 1. The van der Waals surface area contributed by atoms with Crippen molar-refractivity contribution in [2.45, 2.75) is 25.8 Å². The summed E-state index contributed by atoms with van der Waals surface area (Å²) in [4.78, 5) is 38.4. The Morgan fingerprint density at radius 1 is 1.13 bits per heavy atom. The third-order valence-corrected chi connectivity index (χ3v) is 4.99. The van der Waals surface area contributed by atoms with Gasteiger partial charge in [0.25, 0.3) is 11.8 Å². The van der Waals surface area contributed by atoms with Gasteiger partial charge < -0.3 is 25.0 Å². The monoisotopic (exact) mass is 429 g/mol. The second kappa shape index (κ2) is 9.96. The van der Waals surface area contributed by atoms with Gasteiger partial charge >= 0.3 is 6.09 Å². The molecule has 10 nitrogen and oxygen atoms in total. The maximum Gasteiger partial charge on any atom is 0.409 e. The van der Waals surface area contributed by atoms with Gasteiger partial charge in [-0.25, -0.2) is 4.79 Å². The van der Waals surface area contributed by atoms with E-state index >= 15 is 0 Å². The number of methoxy groups -OCH3 is 1. The summed E-state index contributed by atoms with van der Waals surface area (Å²) in [6.07, 6.45) is 2.61. The summed E-state index contributed by atoms with van der Waals surface area (Å²) < 4.78 is 11.6. The molecule has 2 heterocycles. The predicted molar refractivity (Wildman–Crippen MR) is 113 cm³/mol. The van der Waals surface area contributed by atoms with Crippen LogP contribution in [-0.4, -0.2) is 65.4 Å². The van der Waals surface area contributed by atoms with Crippen molar-refractivity contribution in [1.82, 2.24) is 20.0 Å². The van der Waals surface area contributed by atoms with Crippen LogP contribution in [0.15, 0.2) is 30.5 Å². The molecule has 2 aromatic rings. The molecule has 10 heteroatoms. The summed E-state index contributed by atoms with van der Waals surface area (Å²) in [6.45, 7) is 3.22. The fraction of sp³-hybridized carbons (Fsp3) is 0.429. The van der Waals surface area contributed by atoms with Crippen LogP contribution in [0, 0.1) is 0 Å². The van der Waals surface area contributed by atoms with Gasteiger partial charge in [0.05, 0.1) is 13.7 Å². The third-order valence-electron chi connectivity index (χ3n) is 4.99. The Kier molecular flexibility index (Phi) is 7.11. The maximum absolute atomic E-state index is 12.5. The van der Waals surface area contributed by atoms with Crippen LogP contribution in [0.1, 0.15) is 40.5 Å². The van der Waals surface area contributed by atoms with Crippen molar-refractivity contribution >= 4 is 23.6 Å². The van der Waals surface area contributed by atoms with Crippen LogP contribution < -0.4 is 15.4 Å². The number of anilines is 1. The molecule has 1 saturated heterocycles. The van der Waals surface area contributed by atoms with Gasteiger partial charge in [0, 0.05) is 43.6 Å². The minimum atomic E-state index is -0.351. The molecule has 2 N–H and O–H groups in total. The highest BCUT2D eigenvalue weighted by molar-refractivity contribution is 6.06. The molecule has 1 aliphatic heterocycles. The fourth-order valence-corrected chi connectivity index (χ4v) is 3.37. The van der Waals surface area contributed by atoms with Crippen molar-refractivity contribution in [3.05, 3.63) is 41.6 Å². The molecule has 1 aromatic carbocycles. The molecule has 166 valence electrons. The van der Waals surface area contributed by atoms with Crippen LogP contribution >= 0.6 is 0 Å². The summed E-state index contributed by atoms with van der Waals surface area (Å²) in [5, 5.41) is 9.82. The SMILES string of the molecule is CCOC(=O)N1CCC(NC(=O)c2ccc(NC(=O)c3cn(C)nc3OC)cc2)CC1. The fourth-order valence-electron chi connectivity index (χ4n) is 3.37. The number of hydrogen-bond acceptors (Lipinski definition) is 6. The minimum Gasteiger partial charge on any atom is -0.479 e. The highest BCUT2D eigenvalue weighted by atomic mass is 16.6. The summed E-state index contributed by atoms with van der Waals surface area (Å²) >= 11 is 0. The van der Waals surface area contributed by atoms with Gasteiger partial charge in [-0.2, -0.15) is 0 Å². The zero-order valence-corrected chi connectivity index (χ0v) is 17.9. The van der Waals surface area contributed by atoms with E-state index in [2.05, 4.69) is 15.7 Å². The van der Waals surface area contributed by atoms with Crippen LogP contribution in [0.2, 0.25) is 0 Å². The van der Waals surface area contributed by atoms with E-state index in [1.54, 1.807) is 49.3 Å². The van der Waals surface area contributed by atoms with Crippen LogP contribution in [0.4, 0.5) is 10.5 Å². The van der Waals surface area contributed by atoms with Crippen LogP contribution in [-0.2, 0) is 11.8 Å². The molecular weight excluding hydrogens is 402 g/mol. The van der Waals surface area contributed by atoms with Crippen molar-refractivity contribution < 1.29 is 23.9 Å². The first kappa shape index (κ1) is 22.1. The molecule has 1 aromatic heterocycles. The first-order valence-electron chi connectivity index (χ1n) is 10.1. The zero-order valence-electron chi connectivity index (χ0n) is 17.9. The van der Waals surface area contributed by atoms with Gasteiger partial charge in [-0.3, -0.25) is 14.3 Å². The lowest BCUT2D eigenvalue weighted by Gasteiger charge is -2.31. The largest absolute Gasteiger partial charge is 0.479 e. The molecule has 1 fully saturated rings. The quantitative estimate of drug-likeness (QED) is 0.726. The molecule has 0 aliphatic carbocycles. The number of nitrogens with zero attached hydrogens (tertiary/aromatic N) is 3. The molecule has 1 aliphatic rings. The number of carbonyl (C=O) groups is 3. The lowest BCUT2D eigenvalue weighted by Crippen LogP contribution is -2.46. The number of likely N-dealkylation sites (tertiary alicyclic amines) is 1. The third kappa shape index (κ3) is 5.53. The molecule has 0 spiro atoms. The Balaban J connectivity index is 1.52. The summed E-state index contributed by atoms with van der Waals surface area (Å²) in [6, 6.07) is 6.63. The first-order valence-corrected chi connectivity index (χ1v) is 10.1. The summed E-state index contributed by atoms with van der Waals surface area (Å²) in [5.74, 6) is -0.304. The normalized spacial score (nSPS) is 14.1. The molecular formula is C21H27N5O5. The standard InChI is InChI=1S/C21H27N5O5/c1-4-31-21(29)26-11-9-16(10-12-26)22-18(27)14-5-7-15(8-6-14)23-19(28)17-13-25(2)24-20(17)30-3/h5-8,13,16H,4,9-12H2,1-3H3,(H,22,27)(H,23,28). The highest BCUT2D eigenvalue weighted by Crippen LogP contribution is 2.18. The number of ether oxygens (including phenoxy) is 2. The number of amides is 3. The van der Waals surface area contributed by atoms with Crippen LogP contribution in [0.5, 0.6) is 5.88 Å². The molecule has 0 saturated carbocycles. The maximum atomic E-state index is 12.5. The van der Waals surface area contributed by atoms with Crippen molar-refractivity contribution in [3.63, 3.8) is 0 Å². The predicted octanol–water partition coefficient (Wildman–Crippen LogP) is 2.03. The van der Waals surface area contributed by atoms with Gasteiger partial charge in [-0.05, 0) is 44.0 Å². The van der Waals surface area contributed by atoms with Gasteiger partial charge in [-0.15, -0.1) is 5.10 Å². The van der Waals surface area contributed by atoms with E-state index in [9.17, 15) is 14.4 Å². The van der Waals surface area contributed by atoms with E-state index in [1.807, 2.05) is 0 Å². The van der Waals surface area contributed by atoms with E-state index < -0.39 is 0 Å². The molecule has 0 atom stereocenters. The van der Waals surface area contributed by atoms with Crippen LogP contribution in [0.3, 0.4) is 0 Å². The number of benzene rings is 1. The average molecular weight is 429 g/mol. The number of nitrogens with one attached hydrogen (secondary N) is 2. The van der Waals surface area contributed by atoms with E-state index in [1.165, 1.54) is 11.8 Å². The van der Waals surface area contributed by atoms with Crippen molar-refractivity contribution in [2.75, 3.05) is 32.1 Å². The van der Waals surface area contributed by atoms with Crippen molar-refractivity contribution in [3.8, 4) is 5.88 Å². The molecule has 3 rings (SSSR count). The van der Waals surface area contributed by atoms with E-state index in [0.29, 0.717) is 49.4 Å².